The number of hydrogen-bond donors (Lipinski definition) is 7. The molecule has 1 rings (SSSR count). The number of Topliss-reactive ketones (excluding diaryl/α,β-unsaturated/α-hetero) is 1. The topological polar surface area (TPSA) is 194 Å². The third-order valence-corrected chi connectivity index (χ3v) is 3.87. The molecule has 1 aliphatic heterocycles. The maximum atomic E-state index is 11.9. The van der Waals surface area contributed by atoms with Crippen LogP contribution < -0.4 is 5.32 Å². The highest BCUT2D eigenvalue weighted by molar-refractivity contribution is 5.83. The highest BCUT2D eigenvalue weighted by atomic mass is 16.7. The van der Waals surface area contributed by atoms with E-state index in [0.717, 1.165) is 0 Å². The molecule has 1 amide bonds. The minimum Gasteiger partial charge on any atom is -0.477 e. The van der Waals surface area contributed by atoms with Crippen molar-refractivity contribution in [3.05, 3.63) is 0 Å². The van der Waals surface area contributed by atoms with Crippen LogP contribution in [-0.2, 0) is 19.1 Å². The minimum absolute atomic E-state index is 0.0684. The van der Waals surface area contributed by atoms with E-state index in [2.05, 4.69) is 5.32 Å². The second-order valence-electron chi connectivity index (χ2n) is 5.98. The Morgan fingerprint density at radius 2 is 1.88 bits per heavy atom. The summed E-state index contributed by atoms with van der Waals surface area (Å²) in [5.74, 6) is -5.60. The quantitative estimate of drug-likeness (QED) is 0.226. The van der Waals surface area contributed by atoms with E-state index in [1.54, 1.807) is 0 Å². The average molecular weight is 365 g/mol. The van der Waals surface area contributed by atoms with Gasteiger partial charge in [-0.2, -0.15) is 0 Å². The van der Waals surface area contributed by atoms with Crippen LogP contribution in [0.1, 0.15) is 26.2 Å². The molecule has 11 nitrogen and oxygen atoms in total. The molecule has 1 aliphatic rings. The van der Waals surface area contributed by atoms with Gasteiger partial charge in [0, 0.05) is 19.3 Å². The molecule has 1 fully saturated rings. The summed E-state index contributed by atoms with van der Waals surface area (Å²) in [6.07, 6.45) is -8.14. The van der Waals surface area contributed by atoms with Crippen LogP contribution in [0.25, 0.3) is 0 Å². The van der Waals surface area contributed by atoms with Gasteiger partial charge in [-0.25, -0.2) is 4.79 Å². The third-order valence-electron chi connectivity index (χ3n) is 3.87. The van der Waals surface area contributed by atoms with Crippen molar-refractivity contribution in [3.8, 4) is 0 Å². The third kappa shape index (κ3) is 5.42. The molecule has 11 heteroatoms. The van der Waals surface area contributed by atoms with Gasteiger partial charge >= 0.3 is 5.97 Å². The first-order valence-electron chi connectivity index (χ1n) is 7.59. The summed E-state index contributed by atoms with van der Waals surface area (Å²) in [5, 5.41) is 59.8. The molecule has 0 saturated carbocycles. The lowest BCUT2D eigenvalue weighted by Gasteiger charge is -2.44. The Balaban J connectivity index is 2.99. The van der Waals surface area contributed by atoms with Gasteiger partial charge in [0.25, 0.3) is 5.79 Å². The summed E-state index contributed by atoms with van der Waals surface area (Å²) in [4.78, 5) is 33.9. The van der Waals surface area contributed by atoms with E-state index in [4.69, 9.17) is 14.9 Å². The summed E-state index contributed by atoms with van der Waals surface area (Å²) in [5.41, 5.74) is 0. The first-order valence-corrected chi connectivity index (χ1v) is 7.59. The van der Waals surface area contributed by atoms with E-state index in [9.17, 15) is 34.8 Å². The zero-order valence-electron chi connectivity index (χ0n) is 13.5. The highest BCUT2D eigenvalue weighted by Crippen LogP contribution is 2.30. The first kappa shape index (κ1) is 21.4. The lowest BCUT2D eigenvalue weighted by molar-refractivity contribution is -0.295. The smallest absolute Gasteiger partial charge is 0.364 e. The van der Waals surface area contributed by atoms with Crippen LogP contribution in [0.3, 0.4) is 0 Å². The summed E-state index contributed by atoms with van der Waals surface area (Å²) >= 11 is 0. The van der Waals surface area contributed by atoms with Crippen molar-refractivity contribution in [2.24, 2.45) is 0 Å². The monoisotopic (exact) mass is 365 g/mol. The van der Waals surface area contributed by atoms with Gasteiger partial charge in [0.05, 0.1) is 18.8 Å². The number of ketones is 1. The number of aliphatic hydroxyl groups excluding tert-OH is 4. The lowest BCUT2D eigenvalue weighted by atomic mass is 9.88. The second-order valence-corrected chi connectivity index (χ2v) is 5.98. The highest BCUT2D eigenvalue weighted by Gasteiger charge is 2.53. The molecule has 0 aromatic rings. The van der Waals surface area contributed by atoms with Gasteiger partial charge in [-0.1, -0.05) is 0 Å². The van der Waals surface area contributed by atoms with Crippen molar-refractivity contribution in [2.75, 3.05) is 6.61 Å². The Hall–Kier alpha value is -1.63. The fraction of sp³-hybridized carbons (Fsp3) is 0.786. The Bertz CT molecular complexity index is 512. The molecule has 1 saturated heterocycles. The molecule has 144 valence electrons. The number of carbonyl (C=O) groups is 3. The number of carboxylic acid groups (broad SMARTS) is 1. The van der Waals surface area contributed by atoms with Crippen molar-refractivity contribution >= 4 is 17.7 Å². The van der Waals surface area contributed by atoms with Gasteiger partial charge in [0.15, 0.2) is 0 Å². The van der Waals surface area contributed by atoms with E-state index in [0.29, 0.717) is 0 Å². The fourth-order valence-corrected chi connectivity index (χ4v) is 2.45. The Labute approximate surface area is 142 Å². The normalized spacial score (nSPS) is 31.8. The molecular weight excluding hydrogens is 342 g/mol. The average Bonchev–Trinajstić information content (AvgIpc) is 2.53. The standard InChI is InChI=1S/C14H23NO10/c1-6(17)2-3-9(20)15-10-7(18)4-14(24,13(22)23)25-12(10)11(21)8(19)5-16/h7-8,10-12,16,18-19,21,24H,2-5H2,1H3,(H,15,20)(H,22,23)/t7-,8-,10-,11-,12?,14?/m1/s1. The largest absolute Gasteiger partial charge is 0.477 e. The number of aliphatic hydroxyl groups is 5. The molecule has 25 heavy (non-hydrogen) atoms. The van der Waals surface area contributed by atoms with E-state index < -0.39 is 61.1 Å². The predicted octanol–water partition coefficient (Wildman–Crippen LogP) is -3.52. The predicted molar refractivity (Wildman–Crippen MR) is 79.0 cm³/mol. The number of ether oxygens (including phenoxy) is 1. The molecule has 7 N–H and O–H groups in total. The number of hydrogen-bond acceptors (Lipinski definition) is 9. The van der Waals surface area contributed by atoms with Crippen molar-refractivity contribution in [1.82, 2.24) is 5.32 Å². The van der Waals surface area contributed by atoms with Crippen LogP contribution in [0.4, 0.5) is 0 Å². The van der Waals surface area contributed by atoms with E-state index in [1.807, 2.05) is 0 Å². The summed E-state index contributed by atoms with van der Waals surface area (Å²) < 4.78 is 4.92. The van der Waals surface area contributed by atoms with Gasteiger partial charge in [-0.15, -0.1) is 0 Å². The molecule has 2 unspecified atom stereocenters. The van der Waals surface area contributed by atoms with Crippen LogP contribution in [0.15, 0.2) is 0 Å². The van der Waals surface area contributed by atoms with Gasteiger partial charge in [-0.3, -0.25) is 4.79 Å². The minimum atomic E-state index is -2.85. The van der Waals surface area contributed by atoms with Crippen molar-refractivity contribution in [2.45, 2.75) is 62.4 Å². The number of nitrogens with one attached hydrogen (secondary N) is 1. The van der Waals surface area contributed by atoms with Crippen LogP contribution in [-0.4, -0.2) is 91.2 Å². The molecular formula is C14H23NO10. The summed E-state index contributed by atoms with van der Waals surface area (Å²) in [6.45, 7) is 0.372. The summed E-state index contributed by atoms with van der Waals surface area (Å²) in [7, 11) is 0. The van der Waals surface area contributed by atoms with E-state index in [1.165, 1.54) is 6.92 Å². The van der Waals surface area contributed by atoms with Crippen molar-refractivity contribution < 1.29 is 49.8 Å². The van der Waals surface area contributed by atoms with E-state index in [-0.39, 0.29) is 18.6 Å². The van der Waals surface area contributed by atoms with Gasteiger partial charge in [0.1, 0.15) is 24.1 Å². The molecule has 6 atom stereocenters. The van der Waals surface area contributed by atoms with Crippen LogP contribution in [0, 0.1) is 0 Å². The van der Waals surface area contributed by atoms with Crippen LogP contribution in [0.2, 0.25) is 0 Å². The maximum absolute atomic E-state index is 11.9. The van der Waals surface area contributed by atoms with Gasteiger partial charge in [0.2, 0.25) is 5.91 Å². The maximum Gasteiger partial charge on any atom is 0.364 e. The number of rotatable bonds is 8. The molecule has 0 radical (unpaired) electrons. The fourth-order valence-electron chi connectivity index (χ4n) is 2.45. The molecule has 1 heterocycles. The van der Waals surface area contributed by atoms with Crippen molar-refractivity contribution in [1.29, 1.82) is 0 Å². The molecule has 0 spiro atoms. The molecule has 0 bridgehead atoms. The van der Waals surface area contributed by atoms with E-state index >= 15 is 0 Å². The first-order chi connectivity index (χ1) is 11.5. The Kier molecular flexibility index (Phi) is 7.41. The summed E-state index contributed by atoms with van der Waals surface area (Å²) in [6, 6.07) is -1.38. The SMILES string of the molecule is CC(=O)CCC(=O)N[C@H]1C([C@H](O)[C@H](O)CO)OC(O)(C(=O)O)C[C@H]1O. The zero-order chi connectivity index (χ0) is 19.4. The zero-order valence-corrected chi connectivity index (χ0v) is 13.5. The Morgan fingerprint density at radius 3 is 2.36 bits per heavy atom. The van der Waals surface area contributed by atoms with Crippen molar-refractivity contribution in [3.63, 3.8) is 0 Å². The number of aliphatic carboxylic acids is 1. The van der Waals surface area contributed by atoms with Gasteiger partial charge < -0.3 is 45.5 Å². The molecule has 0 aromatic heterocycles. The number of carbonyl (C=O) groups excluding carboxylic acids is 2. The number of amides is 1. The van der Waals surface area contributed by atoms with Crippen LogP contribution in [0.5, 0.6) is 0 Å². The molecule has 0 aliphatic carbocycles. The van der Waals surface area contributed by atoms with Gasteiger partial charge in [-0.05, 0) is 6.92 Å². The Morgan fingerprint density at radius 1 is 1.28 bits per heavy atom. The number of carboxylic acids is 1. The van der Waals surface area contributed by atoms with Crippen LogP contribution >= 0.6 is 0 Å². The molecule has 0 aromatic carbocycles. The lowest BCUT2D eigenvalue weighted by Crippen LogP contribution is -2.67. The second kappa shape index (κ2) is 8.65.